The van der Waals surface area contributed by atoms with Gasteiger partial charge in [-0.1, -0.05) is 36.4 Å². The number of nitrogens with zero attached hydrogens (tertiary/aromatic N) is 1. The van der Waals surface area contributed by atoms with Crippen molar-refractivity contribution in [2.24, 2.45) is 0 Å². The van der Waals surface area contributed by atoms with Crippen molar-refractivity contribution in [1.29, 1.82) is 0 Å². The van der Waals surface area contributed by atoms with Gasteiger partial charge >= 0.3 is 6.03 Å². The molecule has 2 N–H and O–H groups in total. The maximum atomic E-state index is 12.4. The standard InChI is InChI=1S/C17H21N3O/c1-2-19-10-12-20(13-11-19)17(21)18-16-9-5-7-14-6-3-4-8-15(14)16/h3-9H,2,10-13H2,1H3,(H,18,21)/p+1. The van der Waals surface area contributed by atoms with Crippen LogP contribution in [0, 0.1) is 0 Å². The molecule has 0 unspecified atom stereocenters. The van der Waals surface area contributed by atoms with Gasteiger partial charge in [-0.15, -0.1) is 0 Å². The van der Waals surface area contributed by atoms with E-state index in [0.29, 0.717) is 0 Å². The largest absolute Gasteiger partial charge is 0.332 e. The number of urea groups is 1. The normalized spacial score (nSPS) is 16.1. The number of likely N-dealkylation sites (N-methyl/N-ethyl adjacent to an activating group) is 1. The Labute approximate surface area is 125 Å². The predicted molar refractivity (Wildman–Crippen MR) is 85.8 cm³/mol. The molecule has 0 bridgehead atoms. The molecule has 0 radical (unpaired) electrons. The Hall–Kier alpha value is -2.07. The zero-order valence-corrected chi connectivity index (χ0v) is 12.4. The van der Waals surface area contributed by atoms with Gasteiger partial charge in [-0.05, 0) is 18.4 Å². The van der Waals surface area contributed by atoms with Gasteiger partial charge in [0, 0.05) is 5.39 Å². The fraction of sp³-hybridized carbons (Fsp3) is 0.353. The van der Waals surface area contributed by atoms with Gasteiger partial charge < -0.3 is 15.1 Å². The van der Waals surface area contributed by atoms with Crippen LogP contribution >= 0.6 is 0 Å². The number of hydrogen-bond acceptors (Lipinski definition) is 1. The molecule has 1 heterocycles. The summed E-state index contributed by atoms with van der Waals surface area (Å²) in [4.78, 5) is 15.9. The van der Waals surface area contributed by atoms with Gasteiger partial charge in [0.15, 0.2) is 0 Å². The molecule has 3 rings (SSSR count). The molecule has 4 heteroatoms. The molecule has 110 valence electrons. The van der Waals surface area contributed by atoms with Crippen molar-refractivity contribution in [2.75, 3.05) is 38.0 Å². The average molecular weight is 284 g/mol. The molecule has 0 spiro atoms. The van der Waals surface area contributed by atoms with E-state index < -0.39 is 0 Å². The van der Waals surface area contributed by atoms with E-state index in [-0.39, 0.29) is 6.03 Å². The lowest BCUT2D eigenvalue weighted by atomic mass is 10.1. The number of benzene rings is 2. The number of carbonyl (C=O) groups is 1. The predicted octanol–water partition coefficient (Wildman–Crippen LogP) is 1.59. The third-order valence-electron chi connectivity index (χ3n) is 4.29. The minimum atomic E-state index is 0.0153. The van der Waals surface area contributed by atoms with Crippen molar-refractivity contribution in [3.05, 3.63) is 42.5 Å². The molecule has 2 aromatic carbocycles. The van der Waals surface area contributed by atoms with Gasteiger partial charge in [0.05, 0.1) is 38.4 Å². The van der Waals surface area contributed by atoms with Crippen LogP contribution in [0.1, 0.15) is 6.92 Å². The second-order valence-corrected chi connectivity index (χ2v) is 5.55. The van der Waals surface area contributed by atoms with Crippen LogP contribution in [0.2, 0.25) is 0 Å². The van der Waals surface area contributed by atoms with Crippen LogP contribution in [0.3, 0.4) is 0 Å². The number of carbonyl (C=O) groups excluding carboxylic acids is 1. The van der Waals surface area contributed by atoms with Crippen molar-refractivity contribution in [3.8, 4) is 0 Å². The minimum Gasteiger partial charge on any atom is -0.332 e. The quantitative estimate of drug-likeness (QED) is 0.863. The molecule has 4 nitrogen and oxygen atoms in total. The second kappa shape index (κ2) is 6.14. The average Bonchev–Trinajstić information content (AvgIpc) is 2.55. The summed E-state index contributed by atoms with van der Waals surface area (Å²) in [6.45, 7) is 7.08. The summed E-state index contributed by atoms with van der Waals surface area (Å²) in [5.74, 6) is 0. The Kier molecular flexibility index (Phi) is 4.06. The number of rotatable bonds is 2. The van der Waals surface area contributed by atoms with Crippen molar-refractivity contribution in [3.63, 3.8) is 0 Å². The highest BCUT2D eigenvalue weighted by Crippen LogP contribution is 2.23. The summed E-state index contributed by atoms with van der Waals surface area (Å²) in [5.41, 5.74) is 0.892. The van der Waals surface area contributed by atoms with Gasteiger partial charge in [0.25, 0.3) is 0 Å². The first-order valence-electron chi connectivity index (χ1n) is 7.65. The number of anilines is 1. The van der Waals surface area contributed by atoms with E-state index in [1.807, 2.05) is 35.2 Å². The van der Waals surface area contributed by atoms with Crippen molar-refractivity contribution in [1.82, 2.24) is 4.90 Å². The van der Waals surface area contributed by atoms with Crippen LogP contribution in [-0.2, 0) is 0 Å². The Morgan fingerprint density at radius 1 is 1.14 bits per heavy atom. The molecular weight excluding hydrogens is 262 g/mol. The van der Waals surface area contributed by atoms with Crippen LogP contribution in [0.4, 0.5) is 10.5 Å². The Morgan fingerprint density at radius 2 is 1.86 bits per heavy atom. The van der Waals surface area contributed by atoms with Gasteiger partial charge in [-0.2, -0.15) is 0 Å². The van der Waals surface area contributed by atoms with Crippen LogP contribution in [0.5, 0.6) is 0 Å². The second-order valence-electron chi connectivity index (χ2n) is 5.55. The Bertz CT molecular complexity index is 627. The molecule has 1 fully saturated rings. The summed E-state index contributed by atoms with van der Waals surface area (Å²) in [7, 11) is 0. The van der Waals surface area contributed by atoms with Crippen LogP contribution in [0.15, 0.2) is 42.5 Å². The molecule has 1 aliphatic rings. The molecule has 1 aliphatic heterocycles. The first-order valence-corrected chi connectivity index (χ1v) is 7.65. The van der Waals surface area contributed by atoms with Gasteiger partial charge in [-0.25, -0.2) is 4.79 Å². The van der Waals surface area contributed by atoms with E-state index >= 15 is 0 Å². The van der Waals surface area contributed by atoms with E-state index in [1.165, 1.54) is 0 Å². The summed E-state index contributed by atoms with van der Waals surface area (Å²) in [5, 5.41) is 5.30. The fourth-order valence-corrected chi connectivity index (χ4v) is 2.91. The lowest BCUT2D eigenvalue weighted by Gasteiger charge is -2.31. The highest BCUT2D eigenvalue weighted by Gasteiger charge is 2.22. The number of hydrogen-bond donors (Lipinski definition) is 2. The number of nitrogens with one attached hydrogen (secondary N) is 2. The summed E-state index contributed by atoms with van der Waals surface area (Å²) < 4.78 is 0. The molecule has 0 aromatic heterocycles. The highest BCUT2D eigenvalue weighted by atomic mass is 16.2. The van der Waals surface area contributed by atoms with E-state index in [1.54, 1.807) is 4.90 Å². The lowest BCUT2D eigenvalue weighted by molar-refractivity contribution is -0.902. The summed E-state index contributed by atoms with van der Waals surface area (Å²) in [6.07, 6.45) is 0. The van der Waals surface area contributed by atoms with Crippen LogP contribution < -0.4 is 10.2 Å². The van der Waals surface area contributed by atoms with E-state index in [4.69, 9.17) is 0 Å². The third-order valence-corrected chi connectivity index (χ3v) is 4.29. The summed E-state index contributed by atoms with van der Waals surface area (Å²) >= 11 is 0. The SMILES string of the molecule is CC[NH+]1CCN(C(=O)Nc2cccc3ccccc23)CC1. The monoisotopic (exact) mass is 284 g/mol. The van der Waals surface area contributed by atoms with E-state index in [9.17, 15) is 4.79 Å². The van der Waals surface area contributed by atoms with E-state index in [2.05, 4.69) is 24.4 Å². The van der Waals surface area contributed by atoms with E-state index in [0.717, 1.165) is 49.2 Å². The molecule has 1 saturated heterocycles. The molecular formula is C17H22N3O+. The first kappa shape index (κ1) is 13.9. The molecule has 21 heavy (non-hydrogen) atoms. The van der Waals surface area contributed by atoms with Crippen LogP contribution in [0.25, 0.3) is 10.8 Å². The lowest BCUT2D eigenvalue weighted by Crippen LogP contribution is -3.14. The van der Waals surface area contributed by atoms with Crippen LogP contribution in [-0.4, -0.2) is 43.7 Å². The molecule has 2 aromatic rings. The Morgan fingerprint density at radius 3 is 2.62 bits per heavy atom. The van der Waals surface area contributed by atoms with Crippen molar-refractivity contribution < 1.29 is 9.69 Å². The number of piperazine rings is 1. The molecule has 0 saturated carbocycles. The highest BCUT2D eigenvalue weighted by molar-refractivity contribution is 6.01. The maximum Gasteiger partial charge on any atom is 0.322 e. The minimum absolute atomic E-state index is 0.0153. The van der Waals surface area contributed by atoms with Gasteiger partial charge in [0.1, 0.15) is 0 Å². The fourth-order valence-electron chi connectivity index (χ4n) is 2.91. The molecule has 0 aliphatic carbocycles. The number of amides is 2. The number of quaternary nitrogens is 1. The zero-order chi connectivity index (χ0) is 14.7. The molecule has 0 atom stereocenters. The third kappa shape index (κ3) is 3.00. The summed E-state index contributed by atoms with van der Waals surface area (Å²) in [6, 6.07) is 14.2. The first-order chi connectivity index (χ1) is 10.3. The van der Waals surface area contributed by atoms with Crippen molar-refractivity contribution in [2.45, 2.75) is 6.92 Å². The van der Waals surface area contributed by atoms with Crippen molar-refractivity contribution >= 4 is 22.5 Å². The topological polar surface area (TPSA) is 36.8 Å². The van der Waals surface area contributed by atoms with Gasteiger partial charge in [-0.3, -0.25) is 0 Å². The smallest absolute Gasteiger partial charge is 0.322 e. The Balaban J connectivity index is 1.72. The van der Waals surface area contributed by atoms with Gasteiger partial charge in [0.2, 0.25) is 0 Å². The number of fused-ring (bicyclic) bond motifs is 1. The zero-order valence-electron chi connectivity index (χ0n) is 12.4. The molecule has 2 amide bonds. The maximum absolute atomic E-state index is 12.4.